The lowest BCUT2D eigenvalue weighted by atomic mass is 9.96. The molecule has 0 unspecified atom stereocenters. The minimum atomic E-state index is 0.586. The summed E-state index contributed by atoms with van der Waals surface area (Å²) < 4.78 is 4.45. The molecule has 0 amide bonds. The van der Waals surface area contributed by atoms with Crippen molar-refractivity contribution in [2.45, 2.75) is 0 Å². The lowest BCUT2D eigenvalue weighted by Gasteiger charge is -2.11. The van der Waals surface area contributed by atoms with Gasteiger partial charge >= 0.3 is 0 Å². The van der Waals surface area contributed by atoms with Crippen molar-refractivity contribution in [2.24, 2.45) is 0 Å². The third-order valence-corrected chi connectivity index (χ3v) is 11.8. The van der Waals surface area contributed by atoms with Gasteiger partial charge in [-0.15, -0.1) is 0 Å². The zero-order chi connectivity index (χ0) is 41.0. The Kier molecular flexibility index (Phi) is 8.38. The van der Waals surface area contributed by atoms with Gasteiger partial charge in [-0.25, -0.2) is 19.5 Å². The molecule has 4 heterocycles. The highest BCUT2D eigenvalue weighted by molar-refractivity contribution is 6.10. The number of nitrogens with zero attached hydrogens (tertiary/aromatic N) is 6. The number of aromatic nitrogens is 6. The summed E-state index contributed by atoms with van der Waals surface area (Å²) in [6.45, 7) is 0. The number of fused-ring (bicyclic) bond motifs is 6. The number of hydrogen-bond acceptors (Lipinski definition) is 4. The van der Waals surface area contributed by atoms with Crippen LogP contribution < -0.4 is 0 Å². The van der Waals surface area contributed by atoms with Crippen LogP contribution in [0.5, 0.6) is 0 Å². The molecule has 6 heteroatoms. The van der Waals surface area contributed by atoms with E-state index in [-0.39, 0.29) is 0 Å². The Hall–Kier alpha value is -8.48. The summed E-state index contributed by atoms with van der Waals surface area (Å²) in [5.74, 6) is 1.80. The van der Waals surface area contributed by atoms with E-state index in [4.69, 9.17) is 20.1 Å². The van der Waals surface area contributed by atoms with Gasteiger partial charge in [0.1, 0.15) is 5.69 Å². The average Bonchev–Trinajstić information content (AvgIpc) is 3.92. The van der Waals surface area contributed by atoms with Crippen LogP contribution in [0.3, 0.4) is 0 Å². The summed E-state index contributed by atoms with van der Waals surface area (Å²) in [7, 11) is 0. The molecule has 12 rings (SSSR count). The van der Waals surface area contributed by atoms with Crippen molar-refractivity contribution in [2.75, 3.05) is 0 Å². The van der Waals surface area contributed by atoms with Gasteiger partial charge in [-0.05, 0) is 59.5 Å². The van der Waals surface area contributed by atoms with Crippen LogP contribution >= 0.6 is 0 Å². The third kappa shape index (κ3) is 5.96. The number of para-hydroxylation sites is 2. The molecule has 290 valence electrons. The maximum absolute atomic E-state index is 5.48. The molecule has 0 aliphatic carbocycles. The Morgan fingerprint density at radius 2 is 0.823 bits per heavy atom. The highest BCUT2D eigenvalue weighted by atomic mass is 15.2. The molecule has 62 heavy (non-hydrogen) atoms. The first-order chi connectivity index (χ1) is 30.7. The summed E-state index contributed by atoms with van der Waals surface area (Å²) in [6.07, 6.45) is 0. The Balaban J connectivity index is 1.03. The first-order valence-corrected chi connectivity index (χ1v) is 20.8. The SMILES string of the molecule is c1ccc(-c2nc(-c3ccc(-n4c5ccccc5c5ccccc54)cc3)nc(-c3cccc(-c4nn5c(-c6ccccc6)cc6ccccc6c5c4-c4ccccc4)c3)n2)cc1. The smallest absolute Gasteiger partial charge is 0.164 e. The molecule has 0 saturated carbocycles. The summed E-state index contributed by atoms with van der Waals surface area (Å²) in [5, 5.41) is 10.2. The zero-order valence-electron chi connectivity index (χ0n) is 33.5. The number of rotatable bonds is 7. The van der Waals surface area contributed by atoms with Gasteiger partial charge in [-0.3, -0.25) is 0 Å². The summed E-state index contributed by atoms with van der Waals surface area (Å²) in [6, 6.07) is 76.2. The van der Waals surface area contributed by atoms with E-state index < -0.39 is 0 Å². The van der Waals surface area contributed by atoms with Crippen LogP contribution in [0.4, 0.5) is 0 Å². The Labute approximate surface area is 357 Å². The summed E-state index contributed by atoms with van der Waals surface area (Å²) in [4.78, 5) is 15.4. The molecule has 0 spiro atoms. The van der Waals surface area contributed by atoms with E-state index in [0.29, 0.717) is 17.5 Å². The van der Waals surface area contributed by atoms with E-state index in [0.717, 1.165) is 72.3 Å². The first-order valence-electron chi connectivity index (χ1n) is 20.8. The predicted molar refractivity (Wildman–Crippen MR) is 253 cm³/mol. The molecule has 4 aromatic heterocycles. The van der Waals surface area contributed by atoms with Crippen LogP contribution in [-0.4, -0.2) is 29.1 Å². The monoisotopic (exact) mass is 792 g/mol. The average molecular weight is 793 g/mol. The van der Waals surface area contributed by atoms with Crippen LogP contribution in [0.2, 0.25) is 0 Å². The van der Waals surface area contributed by atoms with Crippen molar-refractivity contribution in [3.8, 4) is 73.5 Å². The number of pyridine rings is 1. The Morgan fingerprint density at radius 1 is 0.339 bits per heavy atom. The van der Waals surface area contributed by atoms with Crippen molar-refractivity contribution in [3.05, 3.63) is 218 Å². The van der Waals surface area contributed by atoms with Gasteiger partial charge < -0.3 is 4.57 Å². The molecule has 0 N–H and O–H groups in total. The fraction of sp³-hybridized carbons (Fsp3) is 0. The molecular formula is C56H36N6. The quantitative estimate of drug-likeness (QED) is 0.161. The normalized spacial score (nSPS) is 11.5. The fourth-order valence-electron chi connectivity index (χ4n) is 8.90. The first kappa shape index (κ1) is 35.5. The van der Waals surface area contributed by atoms with Crippen LogP contribution in [0.1, 0.15) is 0 Å². The van der Waals surface area contributed by atoms with E-state index in [2.05, 4.69) is 197 Å². The molecule has 8 aromatic carbocycles. The fourth-order valence-corrected chi connectivity index (χ4v) is 8.90. The zero-order valence-corrected chi connectivity index (χ0v) is 33.5. The minimum Gasteiger partial charge on any atom is -0.309 e. The van der Waals surface area contributed by atoms with Crippen LogP contribution in [0.25, 0.3) is 112 Å². The Bertz CT molecular complexity index is 3560. The van der Waals surface area contributed by atoms with Crippen molar-refractivity contribution >= 4 is 38.1 Å². The van der Waals surface area contributed by atoms with E-state index in [1.54, 1.807) is 0 Å². The van der Waals surface area contributed by atoms with Gasteiger partial charge in [0.2, 0.25) is 0 Å². The van der Waals surface area contributed by atoms with E-state index in [1.807, 2.05) is 30.3 Å². The van der Waals surface area contributed by atoms with E-state index >= 15 is 0 Å². The second-order valence-electron chi connectivity index (χ2n) is 15.5. The molecule has 0 aliphatic heterocycles. The van der Waals surface area contributed by atoms with Gasteiger partial charge in [-0.1, -0.05) is 170 Å². The largest absolute Gasteiger partial charge is 0.309 e. The van der Waals surface area contributed by atoms with Crippen molar-refractivity contribution in [1.82, 2.24) is 29.1 Å². The van der Waals surface area contributed by atoms with E-state index in [9.17, 15) is 0 Å². The highest BCUT2D eigenvalue weighted by Gasteiger charge is 2.22. The second kappa shape index (κ2) is 14.7. The number of benzene rings is 8. The molecule has 0 fully saturated rings. The van der Waals surface area contributed by atoms with Gasteiger partial charge in [0, 0.05) is 55.2 Å². The molecule has 6 nitrogen and oxygen atoms in total. The van der Waals surface area contributed by atoms with Gasteiger partial charge in [0.25, 0.3) is 0 Å². The van der Waals surface area contributed by atoms with Crippen LogP contribution in [0.15, 0.2) is 218 Å². The molecule has 0 atom stereocenters. The maximum Gasteiger partial charge on any atom is 0.164 e. The molecule has 0 saturated heterocycles. The second-order valence-corrected chi connectivity index (χ2v) is 15.5. The maximum atomic E-state index is 5.48. The summed E-state index contributed by atoms with van der Waals surface area (Å²) in [5.41, 5.74) is 13.3. The van der Waals surface area contributed by atoms with Gasteiger partial charge in [0.15, 0.2) is 17.5 Å². The van der Waals surface area contributed by atoms with Crippen LogP contribution in [0, 0.1) is 0 Å². The third-order valence-electron chi connectivity index (χ3n) is 11.8. The van der Waals surface area contributed by atoms with Crippen molar-refractivity contribution < 1.29 is 0 Å². The van der Waals surface area contributed by atoms with Gasteiger partial charge in [0.05, 0.1) is 22.2 Å². The topological polar surface area (TPSA) is 60.9 Å². The lowest BCUT2D eigenvalue weighted by molar-refractivity contribution is 0.979. The standard InChI is InChI=1S/C56H36N6/c1-4-17-37(18-5-1)50-36-41-23-10-11-26-45(41)53-51(38-19-6-2-7-20-38)52(60-62(50)53)42-24-16-25-43(35-42)56-58-54(39-21-8-3-9-22-39)57-55(59-56)40-31-33-44(34-32-40)61-48-29-14-12-27-46(48)47-28-13-15-30-49(47)61/h1-36H. The molecular weight excluding hydrogens is 757 g/mol. The Morgan fingerprint density at radius 3 is 1.47 bits per heavy atom. The summed E-state index contributed by atoms with van der Waals surface area (Å²) >= 11 is 0. The van der Waals surface area contributed by atoms with Crippen molar-refractivity contribution in [3.63, 3.8) is 0 Å². The minimum absolute atomic E-state index is 0.586. The molecule has 0 aliphatic rings. The van der Waals surface area contributed by atoms with E-state index in [1.165, 1.54) is 21.8 Å². The predicted octanol–water partition coefficient (Wildman–Crippen LogP) is 13.8. The van der Waals surface area contributed by atoms with Crippen molar-refractivity contribution in [1.29, 1.82) is 0 Å². The molecule has 0 bridgehead atoms. The number of hydrogen-bond donors (Lipinski definition) is 0. The van der Waals surface area contributed by atoms with Gasteiger partial charge in [-0.2, -0.15) is 5.10 Å². The van der Waals surface area contributed by atoms with Crippen LogP contribution in [-0.2, 0) is 0 Å². The molecule has 12 aromatic rings. The lowest BCUT2D eigenvalue weighted by Crippen LogP contribution is -2.01. The highest BCUT2D eigenvalue weighted by Crippen LogP contribution is 2.42. The molecule has 0 radical (unpaired) electrons.